The number of H-pyrrole nitrogens is 1. The third-order valence-electron chi connectivity index (χ3n) is 5.03. The normalized spacial score (nSPS) is 17.5. The summed E-state index contributed by atoms with van der Waals surface area (Å²) in [5.41, 5.74) is 6.12. The largest absolute Gasteiger partial charge is 0.340 e. The molecule has 1 aliphatic heterocycles. The predicted molar refractivity (Wildman–Crippen MR) is 99.7 cm³/mol. The van der Waals surface area contributed by atoms with Crippen LogP contribution in [-0.2, 0) is 11.2 Å². The minimum atomic E-state index is 0.0712. The number of likely N-dealkylation sites (tertiary alicyclic amines) is 1. The first-order valence-electron chi connectivity index (χ1n) is 8.77. The maximum atomic E-state index is 12.8. The van der Waals surface area contributed by atoms with E-state index in [4.69, 9.17) is 4.98 Å². The molecule has 1 atom stereocenters. The number of aromatic amines is 1. The van der Waals surface area contributed by atoms with E-state index in [1.165, 1.54) is 4.88 Å². The van der Waals surface area contributed by atoms with Gasteiger partial charge in [-0.2, -0.15) is 0 Å². The highest BCUT2D eigenvalue weighted by atomic mass is 32.1. The van der Waals surface area contributed by atoms with Crippen LogP contribution in [0.2, 0.25) is 0 Å². The van der Waals surface area contributed by atoms with Crippen molar-refractivity contribution in [1.29, 1.82) is 0 Å². The number of carbonyl (C=O) groups excluding carboxylic acids is 1. The molecule has 25 heavy (non-hydrogen) atoms. The lowest BCUT2D eigenvalue weighted by Gasteiger charge is -2.23. The first-order valence-corrected chi connectivity index (χ1v) is 9.65. The molecule has 3 heterocycles. The third-order valence-corrected chi connectivity index (χ3v) is 6.03. The summed E-state index contributed by atoms with van der Waals surface area (Å²) in [5.74, 6) is 1.14. The number of imidazole rings is 1. The first-order chi connectivity index (χ1) is 12.1. The highest BCUT2D eigenvalue weighted by Crippen LogP contribution is 2.32. The van der Waals surface area contributed by atoms with E-state index in [2.05, 4.69) is 23.0 Å². The quantitative estimate of drug-likeness (QED) is 0.772. The summed E-state index contributed by atoms with van der Waals surface area (Å²) in [6.45, 7) is 4.90. The van der Waals surface area contributed by atoms with Gasteiger partial charge in [0.2, 0.25) is 5.91 Å². The Morgan fingerprint density at radius 3 is 3.04 bits per heavy atom. The number of fused-ring (bicyclic) bond motifs is 1. The van der Waals surface area contributed by atoms with Gasteiger partial charge in [0.25, 0.3) is 0 Å². The summed E-state index contributed by atoms with van der Waals surface area (Å²) in [5, 5.41) is 0. The maximum Gasteiger partial charge on any atom is 0.223 e. The van der Waals surface area contributed by atoms with Crippen LogP contribution in [0.25, 0.3) is 11.0 Å². The maximum absolute atomic E-state index is 12.8. The van der Waals surface area contributed by atoms with Crippen molar-refractivity contribution in [3.05, 3.63) is 45.7 Å². The molecule has 4 rings (SSSR count). The van der Waals surface area contributed by atoms with Crippen LogP contribution >= 0.6 is 11.3 Å². The number of nitrogens with one attached hydrogen (secondary N) is 1. The van der Waals surface area contributed by atoms with Gasteiger partial charge in [0.1, 0.15) is 5.82 Å². The zero-order chi connectivity index (χ0) is 17.4. The molecule has 1 N–H and O–H groups in total. The average molecular weight is 354 g/mol. The van der Waals surface area contributed by atoms with Crippen molar-refractivity contribution in [2.75, 3.05) is 6.54 Å². The zero-order valence-corrected chi connectivity index (χ0v) is 15.4. The number of amides is 1. The Labute approximate surface area is 151 Å². The summed E-state index contributed by atoms with van der Waals surface area (Å²) in [4.78, 5) is 28.5. The van der Waals surface area contributed by atoms with E-state index in [-0.39, 0.29) is 11.9 Å². The molecule has 1 amide bonds. The van der Waals surface area contributed by atoms with Crippen molar-refractivity contribution in [2.24, 2.45) is 0 Å². The van der Waals surface area contributed by atoms with Gasteiger partial charge in [0.15, 0.2) is 0 Å². The molecular formula is C19H22N4OS. The van der Waals surface area contributed by atoms with E-state index in [9.17, 15) is 4.79 Å². The molecule has 0 aliphatic carbocycles. The minimum absolute atomic E-state index is 0.0712. The number of hydrogen-bond donors (Lipinski definition) is 1. The van der Waals surface area contributed by atoms with Crippen LogP contribution in [0.3, 0.4) is 0 Å². The second kappa shape index (κ2) is 6.59. The number of aromatic nitrogens is 3. The number of nitrogens with zero attached hydrogens (tertiary/aromatic N) is 3. The molecule has 3 aromatic rings. The van der Waals surface area contributed by atoms with Crippen molar-refractivity contribution in [3.63, 3.8) is 0 Å². The van der Waals surface area contributed by atoms with Crippen molar-refractivity contribution >= 4 is 28.3 Å². The summed E-state index contributed by atoms with van der Waals surface area (Å²) < 4.78 is 0. The topological polar surface area (TPSA) is 61.9 Å². The van der Waals surface area contributed by atoms with Crippen LogP contribution in [0.4, 0.5) is 0 Å². The van der Waals surface area contributed by atoms with Crippen molar-refractivity contribution in [3.8, 4) is 0 Å². The molecular weight excluding hydrogens is 332 g/mol. The average Bonchev–Trinajstić information content (AvgIpc) is 3.31. The van der Waals surface area contributed by atoms with E-state index in [1.54, 1.807) is 11.3 Å². The Balaban J connectivity index is 1.52. The van der Waals surface area contributed by atoms with Gasteiger partial charge in [-0.25, -0.2) is 9.97 Å². The fourth-order valence-corrected chi connectivity index (χ4v) is 4.41. The van der Waals surface area contributed by atoms with E-state index in [0.717, 1.165) is 53.9 Å². The molecule has 5 nitrogen and oxygen atoms in total. The van der Waals surface area contributed by atoms with Crippen LogP contribution in [0.5, 0.6) is 0 Å². The van der Waals surface area contributed by atoms with Crippen LogP contribution in [0.15, 0.2) is 23.7 Å². The van der Waals surface area contributed by atoms with Crippen molar-refractivity contribution < 1.29 is 4.79 Å². The van der Waals surface area contributed by atoms with Gasteiger partial charge in [-0.15, -0.1) is 11.3 Å². The highest BCUT2D eigenvalue weighted by molar-refractivity contribution is 7.09. The highest BCUT2D eigenvalue weighted by Gasteiger charge is 2.32. The molecule has 6 heteroatoms. The number of para-hydroxylation sites is 1. The fourth-order valence-electron chi connectivity index (χ4n) is 3.63. The van der Waals surface area contributed by atoms with Crippen LogP contribution in [0.1, 0.15) is 47.3 Å². The van der Waals surface area contributed by atoms with E-state index in [0.29, 0.717) is 6.42 Å². The number of aryl methyl sites for hydroxylation is 3. The Kier molecular flexibility index (Phi) is 4.29. The smallest absolute Gasteiger partial charge is 0.223 e. The molecule has 0 spiro atoms. The van der Waals surface area contributed by atoms with Crippen molar-refractivity contribution in [1.82, 2.24) is 19.9 Å². The lowest BCUT2D eigenvalue weighted by molar-refractivity contribution is -0.132. The fraction of sp³-hybridized carbons (Fsp3) is 0.421. The van der Waals surface area contributed by atoms with Gasteiger partial charge < -0.3 is 9.88 Å². The third kappa shape index (κ3) is 3.06. The number of carbonyl (C=O) groups is 1. The molecule has 2 aromatic heterocycles. The van der Waals surface area contributed by atoms with E-state index in [1.807, 2.05) is 29.5 Å². The summed E-state index contributed by atoms with van der Waals surface area (Å²) in [7, 11) is 0. The molecule has 1 aliphatic rings. The monoisotopic (exact) mass is 354 g/mol. The lowest BCUT2D eigenvalue weighted by Crippen LogP contribution is -2.31. The number of rotatable bonds is 4. The predicted octanol–water partition coefficient (Wildman–Crippen LogP) is 3.93. The standard InChI is InChI=1S/C19H22N4OS/c1-12-5-3-6-14-18(12)22-19(21-14)15-7-4-10-23(15)17(24)9-8-16-13(2)20-11-25-16/h3,5-6,11,15H,4,7-10H2,1-2H3,(H,21,22)/t15-/m1/s1. The number of benzene rings is 1. The van der Waals surface area contributed by atoms with Crippen LogP contribution in [-0.4, -0.2) is 32.3 Å². The van der Waals surface area contributed by atoms with Gasteiger partial charge in [0.05, 0.1) is 28.3 Å². The van der Waals surface area contributed by atoms with Gasteiger partial charge in [-0.3, -0.25) is 4.79 Å². The Morgan fingerprint density at radius 2 is 2.28 bits per heavy atom. The Morgan fingerprint density at radius 1 is 1.40 bits per heavy atom. The molecule has 0 unspecified atom stereocenters. The van der Waals surface area contributed by atoms with Gasteiger partial charge in [0, 0.05) is 17.8 Å². The first kappa shape index (κ1) is 16.3. The Bertz CT molecular complexity index is 913. The van der Waals surface area contributed by atoms with E-state index >= 15 is 0 Å². The zero-order valence-electron chi connectivity index (χ0n) is 14.6. The molecule has 0 saturated carbocycles. The molecule has 1 fully saturated rings. The van der Waals surface area contributed by atoms with Crippen molar-refractivity contribution in [2.45, 2.75) is 45.6 Å². The molecule has 1 saturated heterocycles. The SMILES string of the molecule is Cc1ncsc1CCC(=O)N1CCC[C@@H]1c1nc2c(C)cccc2[nH]1. The van der Waals surface area contributed by atoms with Gasteiger partial charge in [-0.1, -0.05) is 12.1 Å². The molecule has 0 bridgehead atoms. The molecule has 1 aromatic carbocycles. The minimum Gasteiger partial charge on any atom is -0.340 e. The van der Waals surface area contributed by atoms with Crippen LogP contribution < -0.4 is 0 Å². The number of hydrogen-bond acceptors (Lipinski definition) is 4. The second-order valence-electron chi connectivity index (χ2n) is 6.70. The summed E-state index contributed by atoms with van der Waals surface area (Å²) in [6, 6.07) is 6.23. The Hall–Kier alpha value is -2.21. The molecule has 0 radical (unpaired) electrons. The van der Waals surface area contributed by atoms with Gasteiger partial charge in [-0.05, 0) is 44.7 Å². The molecule has 130 valence electrons. The van der Waals surface area contributed by atoms with E-state index < -0.39 is 0 Å². The van der Waals surface area contributed by atoms with Crippen LogP contribution in [0, 0.1) is 13.8 Å². The second-order valence-corrected chi connectivity index (χ2v) is 7.64. The number of thiazole rings is 1. The summed E-state index contributed by atoms with van der Waals surface area (Å²) in [6.07, 6.45) is 3.33. The lowest BCUT2D eigenvalue weighted by atomic mass is 10.2. The van der Waals surface area contributed by atoms with Gasteiger partial charge >= 0.3 is 0 Å². The summed E-state index contributed by atoms with van der Waals surface area (Å²) >= 11 is 1.64.